The van der Waals surface area contributed by atoms with E-state index in [4.69, 9.17) is 4.74 Å². The van der Waals surface area contributed by atoms with Crippen molar-refractivity contribution < 1.29 is 9.53 Å². The van der Waals surface area contributed by atoms with Gasteiger partial charge < -0.3 is 15.4 Å². The number of aromatic nitrogens is 3. The molecule has 0 aliphatic heterocycles. The van der Waals surface area contributed by atoms with E-state index in [0.29, 0.717) is 25.0 Å². The van der Waals surface area contributed by atoms with Crippen molar-refractivity contribution in [1.29, 1.82) is 0 Å². The molecule has 0 saturated heterocycles. The summed E-state index contributed by atoms with van der Waals surface area (Å²) >= 11 is 0. The third-order valence-electron chi connectivity index (χ3n) is 3.46. The van der Waals surface area contributed by atoms with Gasteiger partial charge in [-0.3, -0.25) is 5.32 Å². The zero-order valence-corrected chi connectivity index (χ0v) is 14.7. The van der Waals surface area contributed by atoms with Gasteiger partial charge in [0.05, 0.1) is 19.3 Å². The molecule has 1 aromatic carbocycles. The molecule has 2 rings (SSSR count). The number of benzene rings is 1. The van der Waals surface area contributed by atoms with Gasteiger partial charge in [0.15, 0.2) is 0 Å². The van der Waals surface area contributed by atoms with E-state index in [1.807, 2.05) is 30.3 Å². The van der Waals surface area contributed by atoms with Crippen molar-refractivity contribution in [3.8, 4) is 0 Å². The van der Waals surface area contributed by atoms with Gasteiger partial charge >= 0.3 is 6.03 Å². The Morgan fingerprint density at radius 2 is 1.88 bits per heavy atom. The Morgan fingerprint density at radius 3 is 2.56 bits per heavy atom. The van der Waals surface area contributed by atoms with Crippen LogP contribution in [0.15, 0.2) is 30.3 Å². The van der Waals surface area contributed by atoms with Gasteiger partial charge in [0, 0.05) is 7.05 Å². The molecule has 1 aromatic heterocycles. The SMILES string of the molecule is CCC(COCc1ccccc1)Nc1nc(C)nc(NC(=O)NC)n1. The van der Waals surface area contributed by atoms with Gasteiger partial charge in [0.25, 0.3) is 0 Å². The summed E-state index contributed by atoms with van der Waals surface area (Å²) in [6, 6.07) is 9.69. The van der Waals surface area contributed by atoms with Gasteiger partial charge in [-0.05, 0) is 18.9 Å². The van der Waals surface area contributed by atoms with Crippen LogP contribution in [-0.4, -0.2) is 40.7 Å². The normalized spacial score (nSPS) is 11.6. The number of carbonyl (C=O) groups is 1. The molecular weight excluding hydrogens is 320 g/mol. The van der Waals surface area contributed by atoms with E-state index >= 15 is 0 Å². The molecule has 3 N–H and O–H groups in total. The number of urea groups is 1. The van der Waals surface area contributed by atoms with Crippen molar-refractivity contribution >= 4 is 17.9 Å². The molecule has 0 aliphatic carbocycles. The predicted octanol–water partition coefficient (Wildman–Crippen LogP) is 2.34. The van der Waals surface area contributed by atoms with Crippen LogP contribution in [0.3, 0.4) is 0 Å². The van der Waals surface area contributed by atoms with E-state index in [2.05, 4.69) is 37.8 Å². The van der Waals surface area contributed by atoms with Crippen LogP contribution >= 0.6 is 0 Å². The van der Waals surface area contributed by atoms with Gasteiger partial charge in [-0.2, -0.15) is 15.0 Å². The fourth-order valence-electron chi connectivity index (χ4n) is 2.10. The summed E-state index contributed by atoms with van der Waals surface area (Å²) < 4.78 is 5.77. The number of carbonyl (C=O) groups excluding carboxylic acids is 1. The summed E-state index contributed by atoms with van der Waals surface area (Å²) in [5.74, 6) is 1.13. The molecule has 2 amide bonds. The molecule has 0 radical (unpaired) electrons. The van der Waals surface area contributed by atoms with Crippen molar-refractivity contribution in [2.45, 2.75) is 32.9 Å². The number of nitrogens with zero attached hydrogens (tertiary/aromatic N) is 3. The first kappa shape index (κ1) is 18.6. The lowest BCUT2D eigenvalue weighted by Crippen LogP contribution is -2.28. The summed E-state index contributed by atoms with van der Waals surface area (Å²) in [5.41, 5.74) is 1.13. The zero-order valence-electron chi connectivity index (χ0n) is 14.7. The van der Waals surface area contributed by atoms with E-state index in [0.717, 1.165) is 12.0 Å². The fraction of sp³-hybridized carbons (Fsp3) is 0.412. The van der Waals surface area contributed by atoms with Crippen LogP contribution in [0.5, 0.6) is 0 Å². The summed E-state index contributed by atoms with van der Waals surface area (Å²) in [4.78, 5) is 24.0. The highest BCUT2D eigenvalue weighted by Gasteiger charge is 2.11. The Morgan fingerprint density at radius 1 is 1.16 bits per heavy atom. The summed E-state index contributed by atoms with van der Waals surface area (Å²) in [7, 11) is 1.53. The minimum atomic E-state index is -0.380. The minimum absolute atomic E-state index is 0.0540. The lowest BCUT2D eigenvalue weighted by atomic mass is 10.2. The number of rotatable bonds is 8. The second-order valence-electron chi connectivity index (χ2n) is 5.48. The first-order valence-electron chi connectivity index (χ1n) is 8.20. The molecule has 0 aliphatic rings. The molecule has 0 spiro atoms. The van der Waals surface area contributed by atoms with Gasteiger partial charge in [0.2, 0.25) is 11.9 Å². The number of anilines is 2. The van der Waals surface area contributed by atoms with E-state index in [-0.39, 0.29) is 18.0 Å². The summed E-state index contributed by atoms with van der Waals surface area (Å²) in [5, 5.41) is 8.23. The second kappa shape index (κ2) is 9.53. The molecule has 1 atom stereocenters. The highest BCUT2D eigenvalue weighted by molar-refractivity contribution is 5.87. The van der Waals surface area contributed by atoms with E-state index in [1.165, 1.54) is 7.05 Å². The maximum Gasteiger partial charge on any atom is 0.321 e. The van der Waals surface area contributed by atoms with Crippen LogP contribution < -0.4 is 16.0 Å². The van der Waals surface area contributed by atoms with Gasteiger partial charge in [0.1, 0.15) is 5.82 Å². The molecule has 1 unspecified atom stereocenters. The molecule has 8 heteroatoms. The monoisotopic (exact) mass is 344 g/mol. The molecule has 1 heterocycles. The summed E-state index contributed by atoms with van der Waals surface area (Å²) in [6.45, 7) is 4.88. The number of nitrogens with one attached hydrogen (secondary N) is 3. The van der Waals surface area contributed by atoms with Crippen molar-refractivity contribution in [2.75, 3.05) is 24.3 Å². The Balaban J connectivity index is 1.92. The third kappa shape index (κ3) is 6.34. The van der Waals surface area contributed by atoms with Crippen LogP contribution in [0, 0.1) is 6.92 Å². The largest absolute Gasteiger partial charge is 0.375 e. The van der Waals surface area contributed by atoms with Gasteiger partial charge in [-0.25, -0.2) is 4.79 Å². The highest BCUT2D eigenvalue weighted by atomic mass is 16.5. The molecule has 25 heavy (non-hydrogen) atoms. The summed E-state index contributed by atoms with van der Waals surface area (Å²) in [6.07, 6.45) is 0.845. The fourth-order valence-corrected chi connectivity index (χ4v) is 2.10. The molecule has 0 fully saturated rings. The lowest BCUT2D eigenvalue weighted by molar-refractivity contribution is 0.111. The number of hydrogen-bond donors (Lipinski definition) is 3. The maximum absolute atomic E-state index is 11.4. The average molecular weight is 344 g/mol. The van der Waals surface area contributed by atoms with Crippen molar-refractivity contribution in [2.24, 2.45) is 0 Å². The zero-order chi connectivity index (χ0) is 18.1. The topological polar surface area (TPSA) is 101 Å². The standard InChI is InChI=1S/C17H24N6O2/c1-4-14(11-25-10-13-8-6-5-7-9-13)21-15-19-12(2)20-16(22-15)23-17(24)18-3/h5-9,14H,4,10-11H2,1-3H3,(H3,18,19,20,21,22,23,24). The third-order valence-corrected chi connectivity index (χ3v) is 3.46. The number of aryl methyl sites for hydroxylation is 1. The van der Waals surface area contributed by atoms with E-state index in [9.17, 15) is 4.79 Å². The van der Waals surface area contributed by atoms with Gasteiger partial charge in [-0.15, -0.1) is 0 Å². The second-order valence-corrected chi connectivity index (χ2v) is 5.48. The number of amides is 2. The van der Waals surface area contributed by atoms with Gasteiger partial charge in [-0.1, -0.05) is 37.3 Å². The molecule has 134 valence electrons. The Bertz CT molecular complexity index is 680. The smallest absolute Gasteiger partial charge is 0.321 e. The highest BCUT2D eigenvalue weighted by Crippen LogP contribution is 2.09. The lowest BCUT2D eigenvalue weighted by Gasteiger charge is -2.17. The quantitative estimate of drug-likeness (QED) is 0.679. The Labute approximate surface area is 147 Å². The van der Waals surface area contributed by atoms with Crippen LogP contribution in [0.1, 0.15) is 24.7 Å². The van der Waals surface area contributed by atoms with Crippen molar-refractivity contribution in [1.82, 2.24) is 20.3 Å². The van der Waals surface area contributed by atoms with Crippen molar-refractivity contribution in [3.63, 3.8) is 0 Å². The molecule has 0 bridgehead atoms. The Kier molecular flexibility index (Phi) is 7.09. The molecule has 2 aromatic rings. The molecule has 8 nitrogen and oxygen atoms in total. The number of hydrogen-bond acceptors (Lipinski definition) is 6. The van der Waals surface area contributed by atoms with Crippen molar-refractivity contribution in [3.05, 3.63) is 41.7 Å². The maximum atomic E-state index is 11.4. The first-order valence-corrected chi connectivity index (χ1v) is 8.20. The van der Waals surface area contributed by atoms with Crippen LogP contribution in [-0.2, 0) is 11.3 Å². The Hall–Kier alpha value is -2.74. The van der Waals surface area contributed by atoms with Crippen LogP contribution in [0.2, 0.25) is 0 Å². The van der Waals surface area contributed by atoms with Crippen LogP contribution in [0.4, 0.5) is 16.7 Å². The van der Waals surface area contributed by atoms with Crippen LogP contribution in [0.25, 0.3) is 0 Å². The molecular formula is C17H24N6O2. The average Bonchev–Trinajstić information content (AvgIpc) is 2.61. The minimum Gasteiger partial charge on any atom is -0.375 e. The van der Waals surface area contributed by atoms with E-state index < -0.39 is 0 Å². The predicted molar refractivity (Wildman–Crippen MR) is 96.4 cm³/mol. The number of ether oxygens (including phenoxy) is 1. The first-order chi connectivity index (χ1) is 12.1. The van der Waals surface area contributed by atoms with E-state index in [1.54, 1.807) is 6.92 Å². The molecule has 0 saturated carbocycles.